The van der Waals surface area contributed by atoms with E-state index in [1.165, 1.54) is 43.2 Å². The Morgan fingerprint density at radius 1 is 1.30 bits per heavy atom. The summed E-state index contributed by atoms with van der Waals surface area (Å²) >= 11 is 0. The first-order valence-electron chi connectivity index (χ1n) is 7.76. The lowest BCUT2D eigenvalue weighted by Crippen LogP contribution is -2.35. The van der Waals surface area contributed by atoms with Gasteiger partial charge < -0.3 is 5.11 Å². The lowest BCUT2D eigenvalue weighted by atomic mass is 9.83. The Morgan fingerprint density at radius 3 is 2.85 bits per heavy atom. The van der Waals surface area contributed by atoms with Crippen LogP contribution in [0.25, 0.3) is 0 Å². The molecule has 1 N–H and O–H groups in total. The summed E-state index contributed by atoms with van der Waals surface area (Å²) in [4.78, 5) is 13.6. The standard InChI is InChI=1S/C17H23NO2/c1-2-12-4-3-5-16(8-12)18-10-14-7-6-13(17(19)20)9-15(14)11-18/h6-7,9,12,16H,2-5,8,10-11H2,1H3,(H,19,20). The van der Waals surface area contributed by atoms with Crippen molar-refractivity contribution >= 4 is 5.97 Å². The smallest absolute Gasteiger partial charge is 0.335 e. The maximum absolute atomic E-state index is 11.1. The Bertz CT molecular complexity index is 512. The summed E-state index contributed by atoms with van der Waals surface area (Å²) in [6.07, 6.45) is 6.64. The van der Waals surface area contributed by atoms with E-state index in [4.69, 9.17) is 5.11 Å². The average molecular weight is 273 g/mol. The van der Waals surface area contributed by atoms with Crippen molar-refractivity contribution in [3.63, 3.8) is 0 Å². The second-order valence-corrected chi connectivity index (χ2v) is 6.29. The van der Waals surface area contributed by atoms with Crippen LogP contribution in [0.15, 0.2) is 18.2 Å². The molecule has 2 unspecified atom stereocenters. The molecule has 1 aromatic carbocycles. The SMILES string of the molecule is CCC1CCCC(N2Cc3ccc(C(=O)O)cc3C2)C1. The molecule has 3 nitrogen and oxygen atoms in total. The molecule has 2 atom stereocenters. The zero-order chi connectivity index (χ0) is 14.1. The topological polar surface area (TPSA) is 40.5 Å². The highest BCUT2D eigenvalue weighted by atomic mass is 16.4. The molecule has 0 amide bonds. The molecule has 0 saturated heterocycles. The molecule has 1 aliphatic heterocycles. The van der Waals surface area contributed by atoms with Gasteiger partial charge in [0.2, 0.25) is 0 Å². The highest BCUT2D eigenvalue weighted by Crippen LogP contribution is 2.34. The van der Waals surface area contributed by atoms with E-state index in [1.807, 2.05) is 12.1 Å². The van der Waals surface area contributed by atoms with Crippen molar-refractivity contribution in [1.29, 1.82) is 0 Å². The zero-order valence-electron chi connectivity index (χ0n) is 12.1. The molecule has 1 aromatic rings. The first-order chi connectivity index (χ1) is 9.67. The third kappa shape index (κ3) is 2.59. The minimum atomic E-state index is -0.824. The number of carboxylic acids is 1. The summed E-state index contributed by atoms with van der Waals surface area (Å²) in [5, 5.41) is 9.08. The number of aromatic carboxylic acids is 1. The van der Waals surface area contributed by atoms with Gasteiger partial charge in [0.1, 0.15) is 0 Å². The van der Waals surface area contributed by atoms with Crippen LogP contribution in [0.5, 0.6) is 0 Å². The Morgan fingerprint density at radius 2 is 2.10 bits per heavy atom. The van der Waals surface area contributed by atoms with Gasteiger partial charge in [0, 0.05) is 19.1 Å². The molecule has 0 spiro atoms. The predicted octanol–water partition coefficient (Wildman–Crippen LogP) is 3.67. The minimum Gasteiger partial charge on any atom is -0.478 e. The van der Waals surface area contributed by atoms with Crippen molar-refractivity contribution in [3.8, 4) is 0 Å². The van der Waals surface area contributed by atoms with Crippen molar-refractivity contribution in [3.05, 3.63) is 34.9 Å². The van der Waals surface area contributed by atoms with E-state index in [9.17, 15) is 4.79 Å². The number of hydrogen-bond acceptors (Lipinski definition) is 2. The summed E-state index contributed by atoms with van der Waals surface area (Å²) in [5.74, 6) is 0.0574. The number of fused-ring (bicyclic) bond motifs is 1. The first kappa shape index (κ1) is 13.6. The van der Waals surface area contributed by atoms with Crippen LogP contribution in [-0.4, -0.2) is 22.0 Å². The van der Waals surface area contributed by atoms with Crippen LogP contribution in [0.2, 0.25) is 0 Å². The number of carbonyl (C=O) groups is 1. The molecule has 1 aliphatic carbocycles. The van der Waals surface area contributed by atoms with E-state index in [-0.39, 0.29) is 0 Å². The van der Waals surface area contributed by atoms with Crippen molar-refractivity contribution in [1.82, 2.24) is 4.90 Å². The molecule has 1 fully saturated rings. The lowest BCUT2D eigenvalue weighted by molar-refractivity contribution is 0.0696. The van der Waals surface area contributed by atoms with Gasteiger partial charge in [-0.05, 0) is 42.0 Å². The maximum atomic E-state index is 11.1. The quantitative estimate of drug-likeness (QED) is 0.913. The number of benzene rings is 1. The van der Waals surface area contributed by atoms with E-state index in [0.29, 0.717) is 11.6 Å². The van der Waals surface area contributed by atoms with Gasteiger partial charge >= 0.3 is 5.97 Å². The molecule has 108 valence electrons. The van der Waals surface area contributed by atoms with Gasteiger partial charge in [-0.25, -0.2) is 4.79 Å². The van der Waals surface area contributed by atoms with E-state index >= 15 is 0 Å². The van der Waals surface area contributed by atoms with Crippen LogP contribution < -0.4 is 0 Å². The molecular formula is C17H23NO2. The number of rotatable bonds is 3. The fraction of sp³-hybridized carbons (Fsp3) is 0.588. The van der Waals surface area contributed by atoms with Crippen LogP contribution in [0.1, 0.15) is 60.5 Å². The van der Waals surface area contributed by atoms with Crippen LogP contribution >= 0.6 is 0 Å². The third-order valence-corrected chi connectivity index (χ3v) is 5.05. The Kier molecular flexibility index (Phi) is 3.79. The van der Waals surface area contributed by atoms with Gasteiger partial charge in [0.25, 0.3) is 0 Å². The normalized spacial score (nSPS) is 26.4. The van der Waals surface area contributed by atoms with Gasteiger partial charge in [0.15, 0.2) is 0 Å². The van der Waals surface area contributed by atoms with E-state index in [1.54, 1.807) is 6.07 Å². The molecule has 1 heterocycles. The largest absolute Gasteiger partial charge is 0.478 e. The highest BCUT2D eigenvalue weighted by Gasteiger charge is 2.30. The summed E-state index contributed by atoms with van der Waals surface area (Å²) in [5.41, 5.74) is 2.94. The van der Waals surface area contributed by atoms with Crippen molar-refractivity contribution < 1.29 is 9.90 Å². The molecule has 0 aromatic heterocycles. The van der Waals surface area contributed by atoms with Crippen LogP contribution in [0.4, 0.5) is 0 Å². The molecule has 20 heavy (non-hydrogen) atoms. The van der Waals surface area contributed by atoms with Crippen molar-refractivity contribution in [2.24, 2.45) is 5.92 Å². The minimum absolute atomic E-state index is 0.417. The van der Waals surface area contributed by atoms with Crippen LogP contribution in [0.3, 0.4) is 0 Å². The summed E-state index contributed by atoms with van der Waals surface area (Å²) in [7, 11) is 0. The van der Waals surface area contributed by atoms with Gasteiger partial charge in [-0.2, -0.15) is 0 Å². The van der Waals surface area contributed by atoms with E-state index in [2.05, 4.69) is 11.8 Å². The van der Waals surface area contributed by atoms with Crippen LogP contribution in [0, 0.1) is 5.92 Å². The van der Waals surface area contributed by atoms with Gasteiger partial charge in [-0.3, -0.25) is 4.90 Å². The fourth-order valence-corrected chi connectivity index (χ4v) is 3.78. The molecular weight excluding hydrogens is 250 g/mol. The predicted molar refractivity (Wildman–Crippen MR) is 78.7 cm³/mol. The van der Waals surface area contributed by atoms with Gasteiger partial charge in [-0.15, -0.1) is 0 Å². The zero-order valence-corrected chi connectivity index (χ0v) is 12.1. The van der Waals surface area contributed by atoms with Crippen molar-refractivity contribution in [2.45, 2.75) is 58.2 Å². The summed E-state index contributed by atoms with van der Waals surface area (Å²) in [6.45, 7) is 4.22. The monoisotopic (exact) mass is 273 g/mol. The fourth-order valence-electron chi connectivity index (χ4n) is 3.78. The second-order valence-electron chi connectivity index (χ2n) is 6.29. The van der Waals surface area contributed by atoms with E-state index < -0.39 is 5.97 Å². The van der Waals surface area contributed by atoms with Crippen LogP contribution in [-0.2, 0) is 13.1 Å². The number of carboxylic acid groups (broad SMARTS) is 1. The Balaban J connectivity index is 1.72. The summed E-state index contributed by atoms with van der Waals surface area (Å²) < 4.78 is 0. The first-order valence-corrected chi connectivity index (χ1v) is 7.76. The summed E-state index contributed by atoms with van der Waals surface area (Å²) in [6, 6.07) is 6.28. The number of hydrogen-bond donors (Lipinski definition) is 1. The molecule has 2 aliphatic rings. The Hall–Kier alpha value is -1.35. The molecule has 3 rings (SSSR count). The van der Waals surface area contributed by atoms with Gasteiger partial charge in [0.05, 0.1) is 5.56 Å². The number of nitrogens with zero attached hydrogens (tertiary/aromatic N) is 1. The lowest BCUT2D eigenvalue weighted by Gasteiger charge is -2.34. The molecule has 3 heteroatoms. The molecule has 1 saturated carbocycles. The second kappa shape index (κ2) is 5.57. The van der Waals surface area contributed by atoms with Crippen molar-refractivity contribution in [2.75, 3.05) is 0 Å². The molecule has 0 radical (unpaired) electrons. The average Bonchev–Trinajstić information content (AvgIpc) is 2.90. The Labute approximate surface area is 120 Å². The van der Waals surface area contributed by atoms with Gasteiger partial charge in [-0.1, -0.05) is 32.3 Å². The molecule has 0 bridgehead atoms. The third-order valence-electron chi connectivity index (χ3n) is 5.05. The highest BCUT2D eigenvalue weighted by molar-refractivity contribution is 5.87. The maximum Gasteiger partial charge on any atom is 0.335 e. The van der Waals surface area contributed by atoms with E-state index in [0.717, 1.165) is 19.0 Å².